The van der Waals surface area contributed by atoms with Gasteiger partial charge in [0.05, 0.1) is 23.7 Å². The Morgan fingerprint density at radius 1 is 1.11 bits per heavy atom. The number of carbonyl (C=O) groups excluding carboxylic acids is 1. The van der Waals surface area contributed by atoms with E-state index in [2.05, 4.69) is 19.2 Å². The first-order valence-electron chi connectivity index (χ1n) is 9.51. The van der Waals surface area contributed by atoms with Crippen LogP contribution in [0.3, 0.4) is 0 Å². The number of hydrogen-bond acceptors (Lipinski definition) is 4. The molecule has 1 fully saturated rings. The summed E-state index contributed by atoms with van der Waals surface area (Å²) in [6.45, 7) is 5.57. The average molecular weight is 403 g/mol. The van der Waals surface area contributed by atoms with Crippen molar-refractivity contribution in [3.63, 3.8) is 0 Å². The van der Waals surface area contributed by atoms with Crippen LogP contribution in [0.25, 0.3) is 0 Å². The fourth-order valence-corrected chi connectivity index (χ4v) is 4.73. The molecule has 28 heavy (non-hydrogen) atoms. The van der Waals surface area contributed by atoms with Gasteiger partial charge < -0.3 is 10.1 Å². The monoisotopic (exact) mass is 402 g/mol. The van der Waals surface area contributed by atoms with Crippen LogP contribution >= 0.6 is 0 Å². The molecule has 2 aromatic carbocycles. The SMILES string of the molecule is CCC(C)c1ccc(NC(=O)c2ccccc2S(=O)(=O)N2CCOCC2)cc1. The van der Waals surface area contributed by atoms with Gasteiger partial charge in [-0.05, 0) is 42.2 Å². The van der Waals surface area contributed by atoms with Crippen molar-refractivity contribution < 1.29 is 17.9 Å². The summed E-state index contributed by atoms with van der Waals surface area (Å²) in [5.74, 6) is 0.00728. The van der Waals surface area contributed by atoms with Crippen LogP contribution < -0.4 is 5.32 Å². The van der Waals surface area contributed by atoms with E-state index >= 15 is 0 Å². The van der Waals surface area contributed by atoms with E-state index in [1.54, 1.807) is 12.1 Å². The molecular formula is C21H26N2O4S. The third-order valence-corrected chi connectivity index (χ3v) is 7.03. The van der Waals surface area contributed by atoms with Gasteiger partial charge >= 0.3 is 0 Å². The van der Waals surface area contributed by atoms with Crippen molar-refractivity contribution in [1.82, 2.24) is 4.31 Å². The Balaban J connectivity index is 1.83. The van der Waals surface area contributed by atoms with Gasteiger partial charge in [0.2, 0.25) is 10.0 Å². The maximum atomic E-state index is 13.0. The van der Waals surface area contributed by atoms with E-state index in [1.807, 2.05) is 24.3 Å². The first kappa shape index (κ1) is 20.5. The molecule has 6 nitrogen and oxygen atoms in total. The highest BCUT2D eigenvalue weighted by molar-refractivity contribution is 7.89. The van der Waals surface area contributed by atoms with Crippen molar-refractivity contribution in [2.45, 2.75) is 31.1 Å². The molecule has 1 unspecified atom stereocenters. The number of carbonyl (C=O) groups is 1. The highest BCUT2D eigenvalue weighted by atomic mass is 32.2. The number of nitrogens with zero attached hydrogens (tertiary/aromatic N) is 1. The van der Waals surface area contributed by atoms with E-state index in [1.165, 1.54) is 22.0 Å². The largest absolute Gasteiger partial charge is 0.379 e. The predicted molar refractivity (Wildman–Crippen MR) is 109 cm³/mol. The molecule has 0 bridgehead atoms. The van der Waals surface area contributed by atoms with Gasteiger partial charge in [-0.3, -0.25) is 4.79 Å². The van der Waals surface area contributed by atoms with E-state index in [4.69, 9.17) is 4.74 Å². The van der Waals surface area contributed by atoms with Crippen LogP contribution in [0.15, 0.2) is 53.4 Å². The molecule has 1 atom stereocenters. The van der Waals surface area contributed by atoms with Gasteiger partial charge in [0.25, 0.3) is 5.91 Å². The van der Waals surface area contributed by atoms with Crippen LogP contribution in [0.5, 0.6) is 0 Å². The molecule has 0 aliphatic carbocycles. The normalized spacial score (nSPS) is 16.5. The zero-order valence-electron chi connectivity index (χ0n) is 16.2. The van der Waals surface area contributed by atoms with Crippen molar-refractivity contribution >= 4 is 21.6 Å². The quantitative estimate of drug-likeness (QED) is 0.803. The summed E-state index contributed by atoms with van der Waals surface area (Å²) in [5, 5.41) is 2.81. The molecule has 1 amide bonds. The number of rotatable bonds is 6. The lowest BCUT2D eigenvalue weighted by Crippen LogP contribution is -2.41. The van der Waals surface area contributed by atoms with Crippen LogP contribution in [0.4, 0.5) is 5.69 Å². The minimum atomic E-state index is -3.76. The third kappa shape index (κ3) is 4.43. The Morgan fingerprint density at radius 3 is 2.39 bits per heavy atom. The highest BCUT2D eigenvalue weighted by Gasteiger charge is 2.30. The van der Waals surface area contributed by atoms with E-state index in [-0.39, 0.29) is 23.5 Å². The van der Waals surface area contributed by atoms with Gasteiger partial charge in [-0.15, -0.1) is 0 Å². The van der Waals surface area contributed by atoms with Crippen LogP contribution in [0.2, 0.25) is 0 Å². The summed E-state index contributed by atoms with van der Waals surface area (Å²) in [6, 6.07) is 14.0. The zero-order valence-corrected chi connectivity index (χ0v) is 17.0. The number of ether oxygens (including phenoxy) is 1. The topological polar surface area (TPSA) is 75.7 Å². The number of benzene rings is 2. The average Bonchev–Trinajstić information content (AvgIpc) is 2.74. The summed E-state index contributed by atoms with van der Waals surface area (Å²) in [7, 11) is -3.76. The Kier molecular flexibility index (Phi) is 6.49. The number of amides is 1. The smallest absolute Gasteiger partial charge is 0.257 e. The first-order chi connectivity index (χ1) is 13.4. The van der Waals surface area contributed by atoms with Gasteiger partial charge in [0.1, 0.15) is 0 Å². The third-order valence-electron chi connectivity index (χ3n) is 5.07. The summed E-state index contributed by atoms with van der Waals surface area (Å²) >= 11 is 0. The Labute approximate surface area is 166 Å². The fourth-order valence-electron chi connectivity index (χ4n) is 3.13. The molecule has 0 saturated carbocycles. The highest BCUT2D eigenvalue weighted by Crippen LogP contribution is 2.24. The van der Waals surface area contributed by atoms with E-state index in [9.17, 15) is 13.2 Å². The molecule has 3 rings (SSSR count). The van der Waals surface area contributed by atoms with E-state index in [0.29, 0.717) is 24.8 Å². The molecule has 2 aromatic rings. The standard InChI is InChI=1S/C21H26N2O4S/c1-3-16(2)17-8-10-18(11-9-17)22-21(24)19-6-4-5-7-20(19)28(25,26)23-12-14-27-15-13-23/h4-11,16H,3,12-15H2,1-2H3,(H,22,24). The number of morpholine rings is 1. The molecule has 0 aromatic heterocycles. The van der Waals surface area contributed by atoms with Crippen LogP contribution in [-0.2, 0) is 14.8 Å². The summed E-state index contributed by atoms with van der Waals surface area (Å²) in [5.41, 5.74) is 1.98. The number of nitrogens with one attached hydrogen (secondary N) is 1. The Bertz CT molecular complexity index is 920. The second-order valence-electron chi connectivity index (χ2n) is 6.90. The minimum Gasteiger partial charge on any atom is -0.379 e. The number of anilines is 1. The lowest BCUT2D eigenvalue weighted by molar-refractivity contribution is 0.0730. The first-order valence-corrected chi connectivity index (χ1v) is 11.0. The van der Waals surface area contributed by atoms with Gasteiger partial charge in [0.15, 0.2) is 0 Å². The molecule has 150 valence electrons. The molecule has 1 aliphatic rings. The van der Waals surface area contributed by atoms with Crippen LogP contribution in [-0.4, -0.2) is 44.9 Å². The number of hydrogen-bond donors (Lipinski definition) is 1. The summed E-state index contributed by atoms with van der Waals surface area (Å²) < 4.78 is 32.6. The zero-order chi connectivity index (χ0) is 20.1. The van der Waals surface area contributed by atoms with Crippen molar-refractivity contribution in [3.05, 3.63) is 59.7 Å². The molecule has 1 N–H and O–H groups in total. The van der Waals surface area contributed by atoms with E-state index in [0.717, 1.165) is 6.42 Å². The van der Waals surface area contributed by atoms with Gasteiger partial charge in [-0.2, -0.15) is 4.31 Å². The predicted octanol–water partition coefficient (Wildman–Crippen LogP) is 3.47. The van der Waals surface area contributed by atoms with Gasteiger partial charge in [0, 0.05) is 18.8 Å². The molecule has 0 radical (unpaired) electrons. The van der Waals surface area contributed by atoms with Crippen molar-refractivity contribution in [2.75, 3.05) is 31.6 Å². The Morgan fingerprint density at radius 2 is 1.75 bits per heavy atom. The maximum Gasteiger partial charge on any atom is 0.257 e. The molecule has 1 saturated heterocycles. The van der Waals surface area contributed by atoms with Crippen molar-refractivity contribution in [3.8, 4) is 0 Å². The van der Waals surface area contributed by atoms with Crippen LogP contribution in [0, 0.1) is 0 Å². The Hall–Kier alpha value is -2.22. The second kappa shape index (κ2) is 8.86. The second-order valence-corrected chi connectivity index (χ2v) is 8.80. The van der Waals surface area contributed by atoms with Crippen LogP contribution in [0.1, 0.15) is 42.1 Å². The maximum absolute atomic E-state index is 13.0. The number of sulfonamides is 1. The van der Waals surface area contributed by atoms with Gasteiger partial charge in [-0.1, -0.05) is 38.1 Å². The minimum absolute atomic E-state index is 0.0191. The molecule has 1 aliphatic heterocycles. The summed E-state index contributed by atoms with van der Waals surface area (Å²) in [6.07, 6.45) is 1.04. The molecule has 7 heteroatoms. The molecule has 1 heterocycles. The van der Waals surface area contributed by atoms with Crippen molar-refractivity contribution in [1.29, 1.82) is 0 Å². The van der Waals surface area contributed by atoms with Gasteiger partial charge in [-0.25, -0.2) is 8.42 Å². The van der Waals surface area contributed by atoms with Crippen molar-refractivity contribution in [2.24, 2.45) is 0 Å². The van der Waals surface area contributed by atoms with E-state index < -0.39 is 15.9 Å². The lowest BCUT2D eigenvalue weighted by Gasteiger charge is -2.26. The summed E-state index contributed by atoms with van der Waals surface area (Å²) in [4.78, 5) is 12.8. The molecule has 0 spiro atoms. The molecular weight excluding hydrogens is 376 g/mol. The lowest BCUT2D eigenvalue weighted by atomic mass is 9.98. The fraction of sp³-hybridized carbons (Fsp3) is 0.381.